The van der Waals surface area contributed by atoms with E-state index in [-0.39, 0.29) is 22.9 Å². The van der Waals surface area contributed by atoms with Crippen molar-refractivity contribution in [2.45, 2.75) is 25.9 Å². The molecule has 6 nitrogen and oxygen atoms in total. The van der Waals surface area contributed by atoms with Gasteiger partial charge < -0.3 is 14.7 Å². The van der Waals surface area contributed by atoms with Crippen LogP contribution in [0.3, 0.4) is 0 Å². The topological polar surface area (TPSA) is 79.7 Å². The molecule has 1 atom stereocenters. The summed E-state index contributed by atoms with van der Waals surface area (Å²) in [4.78, 5) is 31.8. The molecular formula is C26H22Cl2N2O4. The van der Waals surface area contributed by atoms with Crippen molar-refractivity contribution in [1.82, 2.24) is 9.88 Å². The minimum absolute atomic E-state index is 0.0279. The number of carbonyl (C=O) groups is 2. The van der Waals surface area contributed by atoms with Gasteiger partial charge in [-0.25, -0.2) is 0 Å². The maximum atomic E-state index is 13.2. The zero-order valence-corrected chi connectivity index (χ0v) is 19.9. The summed E-state index contributed by atoms with van der Waals surface area (Å²) in [6.07, 6.45) is 4.08. The Morgan fingerprint density at radius 1 is 1.09 bits per heavy atom. The van der Waals surface area contributed by atoms with Crippen molar-refractivity contribution in [3.05, 3.63) is 99.3 Å². The number of nitrogens with zero attached hydrogens (tertiary/aromatic N) is 2. The Bertz CT molecular complexity index is 1260. The third-order valence-electron chi connectivity index (χ3n) is 5.46. The van der Waals surface area contributed by atoms with Gasteiger partial charge in [-0.15, -0.1) is 0 Å². The lowest BCUT2D eigenvalue weighted by atomic mass is 9.95. The van der Waals surface area contributed by atoms with Crippen molar-refractivity contribution in [3.63, 3.8) is 0 Å². The first-order valence-electron chi connectivity index (χ1n) is 10.8. The molecule has 2 aromatic carbocycles. The number of aliphatic hydroxyl groups excluding tert-OH is 1. The molecule has 1 unspecified atom stereocenters. The number of benzene rings is 2. The Hall–Kier alpha value is -3.35. The summed E-state index contributed by atoms with van der Waals surface area (Å²) in [5.41, 5.74) is 1.64. The van der Waals surface area contributed by atoms with E-state index in [1.807, 2.05) is 13.0 Å². The molecule has 174 valence electrons. The summed E-state index contributed by atoms with van der Waals surface area (Å²) in [5.74, 6) is -1.23. The van der Waals surface area contributed by atoms with Crippen LogP contribution in [-0.2, 0) is 16.1 Å². The van der Waals surface area contributed by atoms with Crippen LogP contribution in [0.2, 0.25) is 10.0 Å². The molecule has 1 N–H and O–H groups in total. The molecule has 0 aliphatic carbocycles. The molecule has 1 saturated heterocycles. The third-order valence-corrected chi connectivity index (χ3v) is 6.19. The zero-order chi connectivity index (χ0) is 24.2. The Labute approximate surface area is 207 Å². The highest BCUT2D eigenvalue weighted by Crippen LogP contribution is 2.42. The van der Waals surface area contributed by atoms with Crippen LogP contribution in [0.15, 0.2) is 72.6 Å². The number of aliphatic hydroxyl groups is 1. The van der Waals surface area contributed by atoms with Crippen molar-refractivity contribution in [2.75, 3.05) is 6.61 Å². The number of ether oxygens (including phenoxy) is 1. The zero-order valence-electron chi connectivity index (χ0n) is 18.4. The van der Waals surface area contributed by atoms with Gasteiger partial charge in [-0.2, -0.15) is 0 Å². The molecular weight excluding hydrogens is 475 g/mol. The molecule has 1 fully saturated rings. The first-order valence-corrected chi connectivity index (χ1v) is 11.5. The average Bonchev–Trinajstić information content (AvgIpc) is 3.09. The third kappa shape index (κ3) is 4.79. The lowest BCUT2D eigenvalue weighted by molar-refractivity contribution is -0.140. The van der Waals surface area contributed by atoms with Gasteiger partial charge in [0.25, 0.3) is 11.7 Å². The maximum Gasteiger partial charge on any atom is 0.295 e. The number of ketones is 1. The van der Waals surface area contributed by atoms with Crippen LogP contribution in [0.4, 0.5) is 0 Å². The van der Waals surface area contributed by atoms with Gasteiger partial charge in [-0.1, -0.05) is 54.4 Å². The standard InChI is InChI=1S/C26H22Cl2N2O4/c1-2-11-34-19-7-3-6-18(12-19)24(31)22-23(17-8-9-20(27)21(28)13-17)30(26(33)25(22)32)15-16-5-4-10-29-14-16/h3-10,12-14,23,31H,2,11,15H2,1H3/b24-22-. The van der Waals surface area contributed by atoms with E-state index in [9.17, 15) is 14.7 Å². The number of aromatic nitrogens is 1. The molecule has 0 radical (unpaired) electrons. The van der Waals surface area contributed by atoms with E-state index in [4.69, 9.17) is 27.9 Å². The summed E-state index contributed by atoms with van der Waals surface area (Å²) in [6, 6.07) is 14.4. The largest absolute Gasteiger partial charge is 0.507 e. The number of amides is 1. The summed E-state index contributed by atoms with van der Waals surface area (Å²) in [6.45, 7) is 2.63. The van der Waals surface area contributed by atoms with Gasteiger partial charge in [0, 0.05) is 24.5 Å². The molecule has 1 aliphatic rings. The molecule has 1 amide bonds. The van der Waals surface area contributed by atoms with Gasteiger partial charge in [-0.3, -0.25) is 14.6 Å². The van der Waals surface area contributed by atoms with Crippen LogP contribution in [0.25, 0.3) is 5.76 Å². The first-order chi connectivity index (χ1) is 16.4. The highest BCUT2D eigenvalue weighted by atomic mass is 35.5. The number of carbonyl (C=O) groups excluding carboxylic acids is 2. The summed E-state index contributed by atoms with van der Waals surface area (Å²) < 4.78 is 5.66. The lowest BCUT2D eigenvalue weighted by Crippen LogP contribution is -2.29. The van der Waals surface area contributed by atoms with Gasteiger partial charge >= 0.3 is 0 Å². The monoisotopic (exact) mass is 496 g/mol. The average molecular weight is 497 g/mol. The first kappa shape index (κ1) is 23.8. The predicted octanol–water partition coefficient (Wildman–Crippen LogP) is 5.80. The molecule has 0 saturated carbocycles. The smallest absolute Gasteiger partial charge is 0.295 e. The minimum Gasteiger partial charge on any atom is -0.507 e. The maximum absolute atomic E-state index is 13.2. The van der Waals surface area contributed by atoms with Crippen LogP contribution >= 0.6 is 23.2 Å². The fraction of sp³-hybridized carbons (Fsp3) is 0.192. The number of rotatable bonds is 7. The molecule has 8 heteroatoms. The number of likely N-dealkylation sites (tertiary alicyclic amines) is 1. The second kappa shape index (κ2) is 10.3. The van der Waals surface area contributed by atoms with Gasteiger partial charge in [0.05, 0.1) is 28.3 Å². The lowest BCUT2D eigenvalue weighted by Gasteiger charge is -2.25. The Morgan fingerprint density at radius 3 is 2.62 bits per heavy atom. The summed E-state index contributed by atoms with van der Waals surface area (Å²) in [5, 5.41) is 11.9. The van der Waals surface area contributed by atoms with Gasteiger partial charge in [-0.05, 0) is 47.9 Å². The van der Waals surface area contributed by atoms with Crippen LogP contribution in [0.1, 0.15) is 36.1 Å². The van der Waals surface area contributed by atoms with Gasteiger partial charge in [0.1, 0.15) is 11.5 Å². The van der Waals surface area contributed by atoms with E-state index in [2.05, 4.69) is 4.98 Å². The summed E-state index contributed by atoms with van der Waals surface area (Å²) in [7, 11) is 0. The second-order valence-electron chi connectivity index (χ2n) is 7.84. The number of hydrogen-bond acceptors (Lipinski definition) is 5. The van der Waals surface area contributed by atoms with Crippen molar-refractivity contribution in [2.24, 2.45) is 0 Å². The van der Waals surface area contributed by atoms with Gasteiger partial charge in [0.15, 0.2) is 0 Å². The molecule has 3 aromatic rings. The SMILES string of the molecule is CCCOc1cccc(/C(O)=C2/C(=O)C(=O)N(Cc3cccnc3)C2c2ccc(Cl)c(Cl)c2)c1. The number of Topliss-reactive ketones (excluding diaryl/α,β-unsaturated/α-hetero) is 1. The van der Waals surface area contributed by atoms with Crippen LogP contribution in [-0.4, -0.2) is 33.3 Å². The van der Waals surface area contributed by atoms with Crippen LogP contribution in [0, 0.1) is 0 Å². The molecule has 34 heavy (non-hydrogen) atoms. The van der Waals surface area contributed by atoms with E-state index < -0.39 is 17.7 Å². The van der Waals surface area contributed by atoms with Gasteiger partial charge in [0.2, 0.25) is 0 Å². The van der Waals surface area contributed by atoms with E-state index in [1.165, 1.54) is 4.90 Å². The Balaban J connectivity index is 1.84. The van der Waals surface area contributed by atoms with Crippen molar-refractivity contribution in [3.8, 4) is 5.75 Å². The van der Waals surface area contributed by atoms with Crippen molar-refractivity contribution < 1.29 is 19.4 Å². The number of pyridine rings is 1. The van der Waals surface area contributed by atoms with Crippen LogP contribution in [0.5, 0.6) is 5.75 Å². The van der Waals surface area contributed by atoms with E-state index in [1.54, 1.807) is 60.9 Å². The fourth-order valence-corrected chi connectivity index (χ4v) is 4.18. The fourth-order valence-electron chi connectivity index (χ4n) is 3.87. The van der Waals surface area contributed by atoms with Crippen molar-refractivity contribution in [1.29, 1.82) is 0 Å². The molecule has 4 rings (SSSR count). The van der Waals surface area contributed by atoms with E-state index >= 15 is 0 Å². The molecule has 0 spiro atoms. The Morgan fingerprint density at radius 2 is 1.91 bits per heavy atom. The normalized spacial score (nSPS) is 17.3. The highest BCUT2D eigenvalue weighted by Gasteiger charge is 2.46. The van der Waals surface area contributed by atoms with E-state index in [0.717, 1.165) is 12.0 Å². The number of halogens is 2. The second-order valence-corrected chi connectivity index (χ2v) is 8.65. The summed E-state index contributed by atoms with van der Waals surface area (Å²) >= 11 is 12.4. The molecule has 1 aliphatic heterocycles. The van der Waals surface area contributed by atoms with Crippen LogP contribution < -0.4 is 4.74 Å². The highest BCUT2D eigenvalue weighted by molar-refractivity contribution is 6.46. The quantitative estimate of drug-likeness (QED) is 0.254. The predicted molar refractivity (Wildman–Crippen MR) is 131 cm³/mol. The molecule has 0 bridgehead atoms. The van der Waals surface area contributed by atoms with Crippen molar-refractivity contribution >= 4 is 40.7 Å². The minimum atomic E-state index is -0.866. The molecule has 2 heterocycles. The van der Waals surface area contributed by atoms with E-state index in [0.29, 0.717) is 28.5 Å². The molecule has 1 aromatic heterocycles. The number of hydrogen-bond donors (Lipinski definition) is 1. The Kier molecular flexibility index (Phi) is 7.20.